The second kappa shape index (κ2) is 5.34. The topological polar surface area (TPSA) is 49.8 Å². The van der Waals surface area contributed by atoms with Crippen molar-refractivity contribution in [2.45, 2.75) is 39.5 Å². The summed E-state index contributed by atoms with van der Waals surface area (Å²) in [6.07, 6.45) is 8.66. The lowest BCUT2D eigenvalue weighted by Crippen LogP contribution is -2.33. The Bertz CT molecular complexity index is 360. The van der Waals surface area contributed by atoms with E-state index in [0.29, 0.717) is 5.41 Å². The summed E-state index contributed by atoms with van der Waals surface area (Å²) in [6, 6.07) is 0. The maximum absolute atomic E-state index is 4.49. The van der Waals surface area contributed by atoms with E-state index < -0.39 is 0 Å². The Morgan fingerprint density at radius 3 is 2.53 bits per heavy atom. The fourth-order valence-corrected chi connectivity index (χ4v) is 2.05. The number of rotatable bonds is 6. The predicted octanol–water partition coefficient (Wildman–Crippen LogP) is 2.90. The van der Waals surface area contributed by atoms with Crippen molar-refractivity contribution in [2.75, 3.05) is 23.7 Å². The average Bonchev–Trinajstić information content (AvgIpc) is 2.32. The van der Waals surface area contributed by atoms with E-state index in [1.807, 2.05) is 0 Å². The summed E-state index contributed by atoms with van der Waals surface area (Å²) in [5.74, 6) is 1.73. The molecule has 1 heterocycles. The van der Waals surface area contributed by atoms with Gasteiger partial charge in [-0.05, 0) is 24.7 Å². The van der Waals surface area contributed by atoms with E-state index in [1.54, 1.807) is 12.4 Å². The van der Waals surface area contributed by atoms with E-state index >= 15 is 0 Å². The van der Waals surface area contributed by atoms with Gasteiger partial charge >= 0.3 is 0 Å². The summed E-state index contributed by atoms with van der Waals surface area (Å²) in [5.41, 5.74) is 0.467. The molecule has 94 valence electrons. The maximum Gasteiger partial charge on any atom is 0.146 e. The zero-order valence-electron chi connectivity index (χ0n) is 10.8. The molecule has 0 spiro atoms. The van der Waals surface area contributed by atoms with E-state index in [-0.39, 0.29) is 0 Å². The number of nitrogens with zero attached hydrogens (tertiary/aromatic N) is 2. The Morgan fingerprint density at radius 2 is 1.94 bits per heavy atom. The van der Waals surface area contributed by atoms with Crippen molar-refractivity contribution in [1.82, 2.24) is 9.97 Å². The molecule has 0 bridgehead atoms. The number of hydrogen-bond acceptors (Lipinski definition) is 4. The molecule has 4 nitrogen and oxygen atoms in total. The quantitative estimate of drug-likeness (QED) is 0.794. The molecule has 0 atom stereocenters. The van der Waals surface area contributed by atoms with Crippen LogP contribution >= 0.6 is 0 Å². The van der Waals surface area contributed by atoms with Crippen LogP contribution in [0.3, 0.4) is 0 Å². The van der Waals surface area contributed by atoms with E-state index in [1.165, 1.54) is 19.3 Å². The third kappa shape index (κ3) is 3.32. The number of hydrogen-bond donors (Lipinski definition) is 2. The van der Waals surface area contributed by atoms with Gasteiger partial charge in [-0.2, -0.15) is 0 Å². The normalized spacial score (nSPS) is 17.3. The average molecular weight is 234 g/mol. The Morgan fingerprint density at radius 1 is 1.24 bits per heavy atom. The van der Waals surface area contributed by atoms with Crippen LogP contribution in [0.4, 0.5) is 11.6 Å². The lowest BCUT2D eigenvalue weighted by atomic mass is 9.70. The van der Waals surface area contributed by atoms with Gasteiger partial charge in [0.25, 0.3) is 0 Å². The molecule has 1 aliphatic carbocycles. The highest BCUT2D eigenvalue weighted by atomic mass is 15.1. The van der Waals surface area contributed by atoms with Gasteiger partial charge in [0.2, 0.25) is 0 Å². The Kier molecular flexibility index (Phi) is 3.82. The third-order valence-electron chi connectivity index (χ3n) is 3.45. The highest BCUT2D eigenvalue weighted by Crippen LogP contribution is 2.40. The number of nitrogens with one attached hydrogen (secondary N) is 2. The van der Waals surface area contributed by atoms with Crippen molar-refractivity contribution in [3.63, 3.8) is 0 Å². The van der Waals surface area contributed by atoms with Gasteiger partial charge < -0.3 is 10.6 Å². The highest BCUT2D eigenvalue weighted by Gasteiger charge is 2.31. The Balaban J connectivity index is 1.87. The van der Waals surface area contributed by atoms with Crippen molar-refractivity contribution >= 4 is 11.6 Å². The summed E-state index contributed by atoms with van der Waals surface area (Å²) in [5, 5.41) is 6.64. The van der Waals surface area contributed by atoms with Crippen LogP contribution in [0.25, 0.3) is 0 Å². The van der Waals surface area contributed by atoms with Gasteiger partial charge in [0, 0.05) is 13.1 Å². The molecular weight excluding hydrogens is 212 g/mol. The van der Waals surface area contributed by atoms with Gasteiger partial charge in [-0.15, -0.1) is 0 Å². The summed E-state index contributed by atoms with van der Waals surface area (Å²) in [4.78, 5) is 8.68. The van der Waals surface area contributed by atoms with E-state index in [0.717, 1.165) is 31.1 Å². The first kappa shape index (κ1) is 12.1. The first-order valence-electron chi connectivity index (χ1n) is 6.52. The zero-order chi connectivity index (χ0) is 12.1. The minimum Gasteiger partial charge on any atom is -0.369 e. The molecule has 0 unspecified atom stereocenters. The fraction of sp³-hybridized carbons (Fsp3) is 0.692. The molecular formula is C13H22N4. The second-order valence-electron chi connectivity index (χ2n) is 5.23. The van der Waals surface area contributed by atoms with Crippen molar-refractivity contribution < 1.29 is 0 Å². The summed E-state index contributed by atoms with van der Waals surface area (Å²) in [6.45, 7) is 6.41. The third-order valence-corrected chi connectivity index (χ3v) is 3.45. The number of anilines is 2. The maximum atomic E-state index is 4.49. The van der Waals surface area contributed by atoms with Crippen LogP contribution in [0.5, 0.6) is 0 Å². The molecule has 0 aliphatic heterocycles. The lowest BCUT2D eigenvalue weighted by Gasteiger charge is -2.38. The molecule has 17 heavy (non-hydrogen) atoms. The van der Waals surface area contributed by atoms with Crippen LogP contribution in [0, 0.1) is 5.41 Å². The van der Waals surface area contributed by atoms with Gasteiger partial charge in [-0.25, -0.2) is 4.98 Å². The standard InChI is InChI=1S/C13H22N4/c1-3-7-15-11-8-14-9-12(17-11)16-10-13(2)5-4-6-13/h8-9H,3-7,10H2,1-2H3,(H2,15,16,17). The van der Waals surface area contributed by atoms with E-state index in [4.69, 9.17) is 0 Å². The van der Waals surface area contributed by atoms with Gasteiger partial charge in [-0.3, -0.25) is 4.98 Å². The molecule has 0 aromatic carbocycles. The molecule has 0 radical (unpaired) electrons. The van der Waals surface area contributed by atoms with Crippen LogP contribution in [0.1, 0.15) is 39.5 Å². The molecule has 2 N–H and O–H groups in total. The first-order valence-corrected chi connectivity index (χ1v) is 6.52. The summed E-state index contributed by atoms with van der Waals surface area (Å²) in [7, 11) is 0. The van der Waals surface area contributed by atoms with Crippen molar-refractivity contribution in [2.24, 2.45) is 5.41 Å². The largest absolute Gasteiger partial charge is 0.369 e. The molecule has 0 amide bonds. The van der Waals surface area contributed by atoms with Crippen LogP contribution < -0.4 is 10.6 Å². The van der Waals surface area contributed by atoms with Crippen molar-refractivity contribution in [3.8, 4) is 0 Å². The predicted molar refractivity (Wildman–Crippen MR) is 71.3 cm³/mol. The van der Waals surface area contributed by atoms with Crippen LogP contribution in [-0.2, 0) is 0 Å². The smallest absolute Gasteiger partial charge is 0.146 e. The van der Waals surface area contributed by atoms with Crippen LogP contribution in [0.15, 0.2) is 12.4 Å². The minimum absolute atomic E-state index is 0.467. The van der Waals surface area contributed by atoms with E-state index in [2.05, 4.69) is 34.4 Å². The fourth-order valence-electron chi connectivity index (χ4n) is 2.05. The Hall–Kier alpha value is -1.32. The molecule has 1 aromatic rings. The lowest BCUT2D eigenvalue weighted by molar-refractivity contribution is 0.180. The molecule has 2 rings (SSSR count). The summed E-state index contributed by atoms with van der Waals surface area (Å²) >= 11 is 0. The van der Waals surface area contributed by atoms with Crippen LogP contribution in [-0.4, -0.2) is 23.1 Å². The molecule has 0 saturated heterocycles. The molecule has 1 aliphatic rings. The van der Waals surface area contributed by atoms with Gasteiger partial charge in [0.1, 0.15) is 11.6 Å². The monoisotopic (exact) mass is 234 g/mol. The van der Waals surface area contributed by atoms with E-state index in [9.17, 15) is 0 Å². The SMILES string of the molecule is CCCNc1cncc(NCC2(C)CCC2)n1. The van der Waals surface area contributed by atoms with Crippen LogP contribution in [0.2, 0.25) is 0 Å². The minimum atomic E-state index is 0.467. The van der Waals surface area contributed by atoms with Gasteiger partial charge in [0.05, 0.1) is 12.4 Å². The highest BCUT2D eigenvalue weighted by molar-refractivity contribution is 5.41. The molecule has 1 fully saturated rings. The molecule has 4 heteroatoms. The van der Waals surface area contributed by atoms with Gasteiger partial charge in [-0.1, -0.05) is 20.3 Å². The summed E-state index contributed by atoms with van der Waals surface area (Å²) < 4.78 is 0. The molecule has 1 saturated carbocycles. The second-order valence-corrected chi connectivity index (χ2v) is 5.23. The van der Waals surface area contributed by atoms with Gasteiger partial charge in [0.15, 0.2) is 0 Å². The Labute approximate surface area is 103 Å². The number of aromatic nitrogens is 2. The zero-order valence-corrected chi connectivity index (χ0v) is 10.8. The van der Waals surface area contributed by atoms with Crippen molar-refractivity contribution in [1.29, 1.82) is 0 Å². The first-order chi connectivity index (χ1) is 8.22. The van der Waals surface area contributed by atoms with Crippen molar-refractivity contribution in [3.05, 3.63) is 12.4 Å². The molecule has 1 aromatic heterocycles.